The van der Waals surface area contributed by atoms with Gasteiger partial charge in [-0.3, -0.25) is 9.59 Å². The summed E-state index contributed by atoms with van der Waals surface area (Å²) in [5.41, 5.74) is -1.26. The van der Waals surface area contributed by atoms with E-state index in [1.165, 1.54) is 21.1 Å². The number of rotatable bonds is 4. The van der Waals surface area contributed by atoms with Crippen LogP contribution in [0.4, 0.5) is 0 Å². The molecule has 1 fully saturated rings. The minimum absolute atomic E-state index is 0.0619. The van der Waals surface area contributed by atoms with Crippen LogP contribution in [0.25, 0.3) is 0 Å². The summed E-state index contributed by atoms with van der Waals surface area (Å²) in [7, 11) is 2.50. The Morgan fingerprint density at radius 3 is 1.93 bits per heavy atom. The smallest absolute Gasteiger partial charge is 0.323 e. The van der Waals surface area contributed by atoms with Gasteiger partial charge in [0.05, 0.1) is 26.4 Å². The molecular weight excluding hydrogens is 200 g/mol. The molecule has 1 heterocycles. The predicted molar refractivity (Wildman–Crippen MR) is 51.1 cm³/mol. The number of methoxy groups -OCH3 is 2. The van der Waals surface area contributed by atoms with Crippen LogP contribution in [0.3, 0.4) is 0 Å². The average Bonchev–Trinajstić information content (AvgIpc) is 2.91. The second-order valence-electron chi connectivity index (χ2n) is 3.90. The van der Waals surface area contributed by atoms with Crippen LogP contribution in [0.1, 0.15) is 20.3 Å². The fourth-order valence-corrected chi connectivity index (χ4v) is 1.55. The average molecular weight is 216 g/mol. The molecule has 1 saturated heterocycles. The summed E-state index contributed by atoms with van der Waals surface area (Å²) < 4.78 is 14.4. The Labute approximate surface area is 88.7 Å². The largest absolute Gasteiger partial charge is 0.468 e. The lowest BCUT2D eigenvalue weighted by molar-refractivity contribution is -0.168. The third-order valence-corrected chi connectivity index (χ3v) is 2.72. The van der Waals surface area contributed by atoms with Crippen molar-refractivity contribution in [2.45, 2.75) is 32.5 Å². The maximum atomic E-state index is 11.5. The second kappa shape index (κ2) is 4.18. The SMILES string of the molecule is COC(=O)C(C)(CC1OC1C)C(=O)OC. The number of carbonyl (C=O) groups excluding carboxylic acids is 2. The lowest BCUT2D eigenvalue weighted by Crippen LogP contribution is -2.39. The first kappa shape index (κ1) is 12.0. The summed E-state index contributed by atoms with van der Waals surface area (Å²) in [6.07, 6.45) is 0.333. The van der Waals surface area contributed by atoms with Crippen molar-refractivity contribution in [1.29, 1.82) is 0 Å². The van der Waals surface area contributed by atoms with Crippen molar-refractivity contribution in [2.75, 3.05) is 14.2 Å². The van der Waals surface area contributed by atoms with Gasteiger partial charge in [0.15, 0.2) is 5.41 Å². The van der Waals surface area contributed by atoms with E-state index < -0.39 is 17.4 Å². The molecule has 0 radical (unpaired) electrons. The van der Waals surface area contributed by atoms with Crippen LogP contribution in [-0.4, -0.2) is 38.4 Å². The molecule has 86 valence electrons. The Bertz CT molecular complexity index is 257. The number of hydrogen-bond donors (Lipinski definition) is 0. The number of esters is 2. The van der Waals surface area contributed by atoms with Crippen molar-refractivity contribution in [3.63, 3.8) is 0 Å². The van der Waals surface area contributed by atoms with Crippen molar-refractivity contribution in [3.8, 4) is 0 Å². The second-order valence-corrected chi connectivity index (χ2v) is 3.90. The van der Waals surface area contributed by atoms with Gasteiger partial charge in [-0.15, -0.1) is 0 Å². The van der Waals surface area contributed by atoms with Gasteiger partial charge in [-0.1, -0.05) is 0 Å². The fourth-order valence-electron chi connectivity index (χ4n) is 1.55. The molecule has 2 unspecified atom stereocenters. The zero-order chi connectivity index (χ0) is 11.6. The number of epoxide rings is 1. The molecule has 1 aliphatic heterocycles. The van der Waals surface area contributed by atoms with E-state index >= 15 is 0 Å². The van der Waals surface area contributed by atoms with Crippen molar-refractivity contribution >= 4 is 11.9 Å². The van der Waals surface area contributed by atoms with Gasteiger partial charge in [0.25, 0.3) is 0 Å². The van der Waals surface area contributed by atoms with Gasteiger partial charge in [-0.2, -0.15) is 0 Å². The van der Waals surface area contributed by atoms with E-state index in [4.69, 9.17) is 4.74 Å². The van der Waals surface area contributed by atoms with E-state index in [0.717, 1.165) is 0 Å². The lowest BCUT2D eigenvalue weighted by Gasteiger charge is -2.22. The Balaban J connectivity index is 2.75. The van der Waals surface area contributed by atoms with Crippen LogP contribution in [0.2, 0.25) is 0 Å². The van der Waals surface area contributed by atoms with Gasteiger partial charge in [0, 0.05) is 6.42 Å². The Hall–Kier alpha value is -1.10. The summed E-state index contributed by atoms with van der Waals surface area (Å²) in [5.74, 6) is -1.17. The predicted octanol–water partition coefficient (Wildman–Crippen LogP) is 0.516. The first-order valence-corrected chi connectivity index (χ1v) is 4.78. The fraction of sp³-hybridized carbons (Fsp3) is 0.800. The highest BCUT2D eigenvalue weighted by atomic mass is 16.6. The highest BCUT2D eigenvalue weighted by Crippen LogP contribution is 2.36. The molecule has 2 atom stereocenters. The third kappa shape index (κ3) is 2.28. The summed E-state index contributed by atoms with van der Waals surface area (Å²) >= 11 is 0. The first-order valence-electron chi connectivity index (χ1n) is 4.78. The maximum absolute atomic E-state index is 11.5. The van der Waals surface area contributed by atoms with Gasteiger partial charge < -0.3 is 14.2 Å². The Kier molecular flexibility index (Phi) is 3.34. The van der Waals surface area contributed by atoms with Gasteiger partial charge in [-0.25, -0.2) is 0 Å². The number of hydrogen-bond acceptors (Lipinski definition) is 5. The molecule has 1 aliphatic rings. The summed E-state index contributed by atoms with van der Waals surface area (Å²) in [4.78, 5) is 23.1. The molecular formula is C10H16O5. The Morgan fingerprint density at radius 2 is 1.67 bits per heavy atom. The van der Waals surface area contributed by atoms with Crippen LogP contribution in [0.5, 0.6) is 0 Å². The first-order chi connectivity index (χ1) is 6.95. The van der Waals surface area contributed by atoms with Gasteiger partial charge in [-0.05, 0) is 13.8 Å². The van der Waals surface area contributed by atoms with Crippen LogP contribution >= 0.6 is 0 Å². The minimum atomic E-state index is -1.26. The molecule has 0 bridgehead atoms. The molecule has 0 spiro atoms. The van der Waals surface area contributed by atoms with E-state index in [2.05, 4.69) is 9.47 Å². The summed E-state index contributed by atoms with van der Waals surface area (Å²) in [5, 5.41) is 0. The zero-order valence-corrected chi connectivity index (χ0v) is 9.40. The number of ether oxygens (including phenoxy) is 3. The Morgan fingerprint density at radius 1 is 1.27 bits per heavy atom. The standard InChI is InChI=1S/C10H16O5/c1-6-7(15-6)5-10(2,8(11)13-3)9(12)14-4/h6-7H,5H2,1-4H3. The highest BCUT2D eigenvalue weighted by molar-refractivity contribution is 5.99. The number of carbonyl (C=O) groups is 2. The van der Waals surface area contributed by atoms with Crippen molar-refractivity contribution in [2.24, 2.45) is 5.41 Å². The molecule has 5 nitrogen and oxygen atoms in total. The van der Waals surface area contributed by atoms with Crippen molar-refractivity contribution in [3.05, 3.63) is 0 Å². The van der Waals surface area contributed by atoms with Crippen LogP contribution in [-0.2, 0) is 23.8 Å². The topological polar surface area (TPSA) is 65.1 Å². The van der Waals surface area contributed by atoms with Gasteiger partial charge in [0.1, 0.15) is 0 Å². The van der Waals surface area contributed by atoms with Crippen molar-refractivity contribution in [1.82, 2.24) is 0 Å². The molecule has 0 aromatic heterocycles. The molecule has 0 N–H and O–H groups in total. The molecule has 0 aliphatic carbocycles. The third-order valence-electron chi connectivity index (χ3n) is 2.72. The van der Waals surface area contributed by atoms with E-state index in [1.807, 2.05) is 6.92 Å². The van der Waals surface area contributed by atoms with Gasteiger partial charge >= 0.3 is 11.9 Å². The molecule has 1 rings (SSSR count). The monoisotopic (exact) mass is 216 g/mol. The van der Waals surface area contributed by atoms with E-state index in [1.54, 1.807) is 0 Å². The molecule has 0 aromatic rings. The normalized spacial score (nSPS) is 24.5. The molecule has 0 aromatic carbocycles. The molecule has 15 heavy (non-hydrogen) atoms. The van der Waals surface area contributed by atoms with Crippen LogP contribution < -0.4 is 0 Å². The van der Waals surface area contributed by atoms with Crippen LogP contribution in [0.15, 0.2) is 0 Å². The highest BCUT2D eigenvalue weighted by Gasteiger charge is 2.50. The molecule has 5 heteroatoms. The maximum Gasteiger partial charge on any atom is 0.323 e. The summed E-state index contributed by atoms with van der Waals surface area (Å²) in [6, 6.07) is 0. The summed E-state index contributed by atoms with van der Waals surface area (Å²) in [6.45, 7) is 3.40. The van der Waals surface area contributed by atoms with Crippen LogP contribution in [0, 0.1) is 5.41 Å². The molecule has 0 amide bonds. The quantitative estimate of drug-likeness (QED) is 0.389. The van der Waals surface area contributed by atoms with E-state index in [0.29, 0.717) is 6.42 Å². The van der Waals surface area contributed by atoms with E-state index in [-0.39, 0.29) is 12.2 Å². The van der Waals surface area contributed by atoms with E-state index in [9.17, 15) is 9.59 Å². The van der Waals surface area contributed by atoms with Crippen molar-refractivity contribution < 1.29 is 23.8 Å². The molecule has 0 saturated carbocycles. The lowest BCUT2D eigenvalue weighted by atomic mass is 9.85. The minimum Gasteiger partial charge on any atom is -0.468 e. The zero-order valence-electron chi connectivity index (χ0n) is 9.40. The van der Waals surface area contributed by atoms with Gasteiger partial charge in [0.2, 0.25) is 0 Å².